The summed E-state index contributed by atoms with van der Waals surface area (Å²) in [6.07, 6.45) is 12.1. The highest BCUT2D eigenvalue weighted by atomic mass is 16.5. The zero-order valence-electron chi connectivity index (χ0n) is 16.1. The van der Waals surface area contributed by atoms with E-state index in [-0.39, 0.29) is 0 Å². The number of ether oxygens (including phenoxy) is 1. The molecule has 0 bridgehead atoms. The van der Waals surface area contributed by atoms with E-state index < -0.39 is 0 Å². The average Bonchev–Trinajstić information content (AvgIpc) is 2.66. The lowest BCUT2D eigenvalue weighted by Crippen LogP contribution is -2.13. The van der Waals surface area contributed by atoms with Gasteiger partial charge in [-0.25, -0.2) is 0 Å². The normalized spacial score (nSPS) is 20.7. The van der Waals surface area contributed by atoms with Crippen molar-refractivity contribution in [2.45, 2.75) is 77.6 Å². The molecule has 0 atom stereocenters. The molecule has 1 aliphatic carbocycles. The van der Waals surface area contributed by atoms with Crippen LogP contribution in [0.25, 0.3) is 10.8 Å². The molecule has 0 aromatic heterocycles. The van der Waals surface area contributed by atoms with Gasteiger partial charge in [-0.1, -0.05) is 63.8 Å². The van der Waals surface area contributed by atoms with Crippen LogP contribution in [0.2, 0.25) is 0 Å². The molecule has 0 unspecified atom stereocenters. The largest absolute Gasteiger partial charge is 0.494 e. The Bertz CT molecular complexity index is 652. The molecule has 136 valence electrons. The van der Waals surface area contributed by atoms with Crippen LogP contribution in [0.15, 0.2) is 36.4 Å². The molecule has 1 saturated carbocycles. The minimum absolute atomic E-state index is 0.766. The molecule has 0 amide bonds. The fourth-order valence-electron chi connectivity index (χ4n) is 4.20. The van der Waals surface area contributed by atoms with E-state index in [0.29, 0.717) is 0 Å². The Morgan fingerprint density at radius 1 is 0.840 bits per heavy atom. The summed E-state index contributed by atoms with van der Waals surface area (Å²) < 4.78 is 5.85. The third-order valence-electron chi connectivity index (χ3n) is 5.89. The van der Waals surface area contributed by atoms with Crippen molar-refractivity contribution < 1.29 is 4.74 Å². The van der Waals surface area contributed by atoms with Gasteiger partial charge >= 0.3 is 0 Å². The van der Waals surface area contributed by atoms with E-state index in [1.54, 1.807) is 5.56 Å². The Morgan fingerprint density at radius 3 is 2.32 bits per heavy atom. The summed E-state index contributed by atoms with van der Waals surface area (Å²) in [6.45, 7) is 5.32. The summed E-state index contributed by atoms with van der Waals surface area (Å²) in [4.78, 5) is 0. The second kappa shape index (κ2) is 9.27. The van der Waals surface area contributed by atoms with Crippen LogP contribution in [0.1, 0.15) is 83.1 Å². The van der Waals surface area contributed by atoms with E-state index >= 15 is 0 Å². The highest BCUT2D eigenvalue weighted by Gasteiger charge is 2.22. The average molecular weight is 339 g/mol. The molecule has 25 heavy (non-hydrogen) atoms. The lowest BCUT2D eigenvalue weighted by atomic mass is 9.77. The Hall–Kier alpha value is -1.50. The highest BCUT2D eigenvalue weighted by molar-refractivity contribution is 5.84. The first-order valence-electron chi connectivity index (χ1n) is 10.5. The molecule has 0 saturated heterocycles. The smallest absolute Gasteiger partial charge is 0.119 e. The van der Waals surface area contributed by atoms with E-state index in [9.17, 15) is 0 Å². The Labute approximate surface area is 153 Å². The molecular weight excluding hydrogens is 304 g/mol. The summed E-state index contributed by atoms with van der Waals surface area (Å²) in [7, 11) is 0. The van der Waals surface area contributed by atoms with Gasteiger partial charge in [-0.05, 0) is 72.4 Å². The van der Waals surface area contributed by atoms with Gasteiger partial charge in [0.25, 0.3) is 0 Å². The summed E-state index contributed by atoms with van der Waals surface area (Å²) in [5.41, 5.74) is 1.54. The van der Waals surface area contributed by atoms with Crippen LogP contribution in [-0.2, 0) is 0 Å². The lowest BCUT2D eigenvalue weighted by Gasteiger charge is -2.29. The van der Waals surface area contributed by atoms with E-state index in [4.69, 9.17) is 4.74 Å². The number of benzene rings is 2. The van der Waals surface area contributed by atoms with E-state index in [0.717, 1.165) is 30.6 Å². The second-order valence-corrected chi connectivity index (χ2v) is 7.83. The zero-order valence-corrected chi connectivity index (χ0v) is 16.1. The first-order valence-corrected chi connectivity index (χ1v) is 10.5. The van der Waals surface area contributed by atoms with Gasteiger partial charge in [0.05, 0.1) is 6.61 Å². The maximum absolute atomic E-state index is 5.85. The molecule has 0 radical (unpaired) electrons. The van der Waals surface area contributed by atoms with Crippen molar-refractivity contribution in [3.05, 3.63) is 42.0 Å². The summed E-state index contributed by atoms with van der Waals surface area (Å²) in [6, 6.07) is 13.6. The molecule has 1 aliphatic rings. The summed E-state index contributed by atoms with van der Waals surface area (Å²) >= 11 is 0. The first-order chi connectivity index (χ1) is 12.3. The van der Waals surface area contributed by atoms with Gasteiger partial charge in [0.1, 0.15) is 5.75 Å². The molecule has 0 aliphatic heterocycles. The topological polar surface area (TPSA) is 9.23 Å². The van der Waals surface area contributed by atoms with Gasteiger partial charge in [-0.3, -0.25) is 0 Å². The fraction of sp³-hybridized carbons (Fsp3) is 0.583. The fourth-order valence-corrected chi connectivity index (χ4v) is 4.20. The van der Waals surface area contributed by atoms with Gasteiger partial charge in [-0.2, -0.15) is 0 Å². The molecule has 0 N–H and O–H groups in total. The van der Waals surface area contributed by atoms with Gasteiger partial charge in [0.2, 0.25) is 0 Å². The molecule has 2 aromatic rings. The van der Waals surface area contributed by atoms with Gasteiger partial charge in [0.15, 0.2) is 0 Å². The minimum Gasteiger partial charge on any atom is -0.494 e. The summed E-state index contributed by atoms with van der Waals surface area (Å²) in [5, 5.41) is 2.66. The van der Waals surface area contributed by atoms with Gasteiger partial charge < -0.3 is 4.74 Å². The number of hydrogen-bond acceptors (Lipinski definition) is 1. The molecule has 0 heterocycles. The number of unbranched alkanes of at least 4 members (excludes halogenated alkanes) is 2. The van der Waals surface area contributed by atoms with Gasteiger partial charge in [-0.15, -0.1) is 0 Å². The van der Waals surface area contributed by atoms with Crippen LogP contribution in [0.5, 0.6) is 5.75 Å². The standard InChI is InChI=1S/C24H34O/c1-3-5-7-19-8-10-20(11-9-19)21-12-13-23-18-24(25-16-6-4-2)15-14-22(23)17-21/h12-15,17-20H,3-11,16H2,1-2H3. The predicted octanol–water partition coefficient (Wildman–Crippen LogP) is 7.48. The van der Waals surface area contributed by atoms with Crippen molar-refractivity contribution in [1.29, 1.82) is 0 Å². The third-order valence-corrected chi connectivity index (χ3v) is 5.89. The maximum atomic E-state index is 5.85. The van der Waals surface area contributed by atoms with Crippen molar-refractivity contribution in [3.8, 4) is 5.75 Å². The van der Waals surface area contributed by atoms with Crippen LogP contribution in [0.4, 0.5) is 0 Å². The number of rotatable bonds is 8. The van der Waals surface area contributed by atoms with E-state index in [2.05, 4.69) is 50.2 Å². The number of hydrogen-bond donors (Lipinski definition) is 0. The molecule has 1 heteroatoms. The minimum atomic E-state index is 0.766. The highest BCUT2D eigenvalue weighted by Crippen LogP contribution is 2.38. The van der Waals surface area contributed by atoms with Crippen molar-refractivity contribution >= 4 is 10.8 Å². The molecule has 0 spiro atoms. The van der Waals surface area contributed by atoms with Crippen LogP contribution >= 0.6 is 0 Å². The Kier molecular flexibility index (Phi) is 6.78. The van der Waals surface area contributed by atoms with Crippen LogP contribution in [-0.4, -0.2) is 6.61 Å². The summed E-state index contributed by atoms with van der Waals surface area (Å²) in [5.74, 6) is 2.76. The number of fused-ring (bicyclic) bond motifs is 1. The van der Waals surface area contributed by atoms with Crippen molar-refractivity contribution in [1.82, 2.24) is 0 Å². The van der Waals surface area contributed by atoms with Gasteiger partial charge in [0, 0.05) is 0 Å². The van der Waals surface area contributed by atoms with Crippen LogP contribution < -0.4 is 4.74 Å². The lowest BCUT2D eigenvalue weighted by molar-refractivity contribution is 0.304. The molecular formula is C24H34O. The van der Waals surface area contributed by atoms with Crippen molar-refractivity contribution in [2.75, 3.05) is 6.61 Å². The van der Waals surface area contributed by atoms with Crippen molar-refractivity contribution in [2.24, 2.45) is 5.92 Å². The van der Waals surface area contributed by atoms with Crippen LogP contribution in [0.3, 0.4) is 0 Å². The second-order valence-electron chi connectivity index (χ2n) is 7.83. The van der Waals surface area contributed by atoms with Crippen molar-refractivity contribution in [3.63, 3.8) is 0 Å². The third kappa shape index (κ3) is 5.00. The molecule has 1 fully saturated rings. The SMILES string of the molecule is CCCCOc1ccc2cc(C3CCC(CCCC)CC3)ccc2c1. The van der Waals surface area contributed by atoms with E-state index in [1.165, 1.54) is 62.1 Å². The maximum Gasteiger partial charge on any atom is 0.119 e. The zero-order chi connectivity index (χ0) is 17.5. The molecule has 1 nitrogen and oxygen atoms in total. The van der Waals surface area contributed by atoms with Crippen LogP contribution in [0, 0.1) is 5.92 Å². The monoisotopic (exact) mass is 338 g/mol. The molecule has 2 aromatic carbocycles. The molecule has 3 rings (SSSR count). The predicted molar refractivity (Wildman–Crippen MR) is 109 cm³/mol. The van der Waals surface area contributed by atoms with E-state index in [1.807, 2.05) is 0 Å². The Balaban J connectivity index is 1.62. The Morgan fingerprint density at radius 2 is 1.56 bits per heavy atom. The quantitative estimate of drug-likeness (QED) is 0.453. The first kappa shape index (κ1) is 18.3.